The Labute approximate surface area is 172 Å². The smallest absolute Gasteiger partial charge is 0.288 e. The molecule has 6 heteroatoms. The topological polar surface area (TPSA) is 58.8 Å². The molecule has 2 aliphatic rings. The Kier molecular flexibility index (Phi) is 5.80. The van der Waals surface area contributed by atoms with Crippen LogP contribution in [0.1, 0.15) is 29.0 Å². The van der Waals surface area contributed by atoms with Crippen LogP contribution in [-0.4, -0.2) is 35.3 Å². The average molecular weight is 444 g/mol. The Hall–Kier alpha value is -2.15. The highest BCUT2D eigenvalue weighted by Gasteiger charge is 2.34. The summed E-state index contributed by atoms with van der Waals surface area (Å²) in [5, 5.41) is 9.15. The van der Waals surface area contributed by atoms with Gasteiger partial charge in [0.15, 0.2) is 5.76 Å². The van der Waals surface area contributed by atoms with Crippen molar-refractivity contribution in [3.8, 4) is 0 Å². The molecular formula is C22H22BrNO4. The number of hydrogen-bond donors (Lipinski definition) is 1. The summed E-state index contributed by atoms with van der Waals surface area (Å²) in [5.41, 5.74) is 2.99. The number of nitrogens with zero attached hydrogens (tertiary/aromatic N) is 1. The lowest BCUT2D eigenvalue weighted by atomic mass is 9.93. The van der Waals surface area contributed by atoms with E-state index in [1.54, 1.807) is 4.90 Å². The first kappa shape index (κ1) is 19.2. The SMILES string of the molecule is O=C(C1=C[C@H](c2ccc(Br)cc2)C[C@H](OCc2ccc(CO)cc2)O1)N1CC1. The van der Waals surface area contributed by atoms with Gasteiger partial charge in [-0.25, -0.2) is 0 Å². The van der Waals surface area contributed by atoms with Gasteiger partial charge in [-0.2, -0.15) is 0 Å². The lowest BCUT2D eigenvalue weighted by Gasteiger charge is -2.29. The molecule has 0 unspecified atom stereocenters. The van der Waals surface area contributed by atoms with E-state index < -0.39 is 6.29 Å². The van der Waals surface area contributed by atoms with E-state index in [0.29, 0.717) is 18.8 Å². The second-order valence-corrected chi connectivity index (χ2v) is 7.97. The maximum atomic E-state index is 12.5. The van der Waals surface area contributed by atoms with Gasteiger partial charge in [-0.15, -0.1) is 0 Å². The largest absolute Gasteiger partial charge is 0.459 e. The van der Waals surface area contributed by atoms with Crippen LogP contribution in [-0.2, 0) is 27.5 Å². The molecule has 2 aliphatic heterocycles. The lowest BCUT2D eigenvalue weighted by molar-refractivity contribution is -0.152. The highest BCUT2D eigenvalue weighted by atomic mass is 79.9. The van der Waals surface area contributed by atoms with Gasteiger partial charge in [-0.05, 0) is 34.9 Å². The first-order valence-corrected chi connectivity index (χ1v) is 10.1. The lowest BCUT2D eigenvalue weighted by Crippen LogP contribution is -2.29. The molecule has 2 aromatic carbocycles. The molecule has 0 bridgehead atoms. The fraction of sp³-hybridized carbons (Fsp3) is 0.318. The summed E-state index contributed by atoms with van der Waals surface area (Å²) in [6, 6.07) is 15.7. The predicted molar refractivity (Wildman–Crippen MR) is 108 cm³/mol. The molecule has 2 aromatic rings. The predicted octanol–water partition coefficient (Wildman–Crippen LogP) is 3.71. The van der Waals surface area contributed by atoms with Crippen molar-refractivity contribution in [2.24, 2.45) is 0 Å². The van der Waals surface area contributed by atoms with Crippen molar-refractivity contribution >= 4 is 21.8 Å². The van der Waals surface area contributed by atoms with E-state index in [1.807, 2.05) is 42.5 Å². The number of carbonyl (C=O) groups is 1. The highest BCUT2D eigenvalue weighted by Crippen LogP contribution is 2.33. The minimum absolute atomic E-state index is 0.0223. The summed E-state index contributed by atoms with van der Waals surface area (Å²) in [6.45, 7) is 1.97. The summed E-state index contributed by atoms with van der Waals surface area (Å²) in [4.78, 5) is 14.3. The van der Waals surface area contributed by atoms with E-state index in [2.05, 4.69) is 28.1 Å². The van der Waals surface area contributed by atoms with E-state index in [9.17, 15) is 4.79 Å². The number of hydrogen-bond acceptors (Lipinski definition) is 4. The van der Waals surface area contributed by atoms with Crippen molar-refractivity contribution in [3.05, 3.63) is 81.5 Å². The van der Waals surface area contributed by atoms with E-state index in [1.165, 1.54) is 0 Å². The number of ether oxygens (including phenoxy) is 2. The first-order chi connectivity index (χ1) is 13.6. The molecule has 5 nitrogen and oxygen atoms in total. The van der Waals surface area contributed by atoms with Gasteiger partial charge in [0.05, 0.1) is 13.2 Å². The molecule has 1 amide bonds. The third-order valence-electron chi connectivity index (χ3n) is 4.94. The van der Waals surface area contributed by atoms with Crippen molar-refractivity contribution in [1.82, 2.24) is 4.90 Å². The normalized spacial score (nSPS) is 21.1. The summed E-state index contributed by atoms with van der Waals surface area (Å²) < 4.78 is 12.9. The standard InChI is InChI=1S/C22H22BrNO4/c23-19-7-5-17(6-8-19)18-11-20(22(26)24-9-10-24)28-21(12-18)27-14-16-3-1-15(13-25)2-4-16/h1-8,11,18,21,25H,9-10,12-14H2/t18-,21+/m0/s1. The van der Waals surface area contributed by atoms with E-state index >= 15 is 0 Å². The van der Waals surface area contributed by atoms with Crippen molar-refractivity contribution in [2.45, 2.75) is 31.8 Å². The number of allylic oxidation sites excluding steroid dienone is 1. The van der Waals surface area contributed by atoms with Gasteiger partial charge in [0.25, 0.3) is 5.91 Å². The zero-order valence-electron chi connectivity index (χ0n) is 15.4. The van der Waals surface area contributed by atoms with Crippen LogP contribution >= 0.6 is 15.9 Å². The Morgan fingerprint density at radius 3 is 2.43 bits per heavy atom. The number of benzene rings is 2. The number of aliphatic hydroxyl groups excluding tert-OH is 1. The summed E-state index contributed by atoms with van der Waals surface area (Å²) in [7, 11) is 0. The number of aliphatic hydroxyl groups is 1. The first-order valence-electron chi connectivity index (χ1n) is 9.36. The number of rotatable bonds is 6. The zero-order valence-corrected chi connectivity index (χ0v) is 17.0. The summed E-state index contributed by atoms with van der Waals surface area (Å²) in [6.07, 6.45) is 2.07. The van der Waals surface area contributed by atoms with Gasteiger partial charge >= 0.3 is 0 Å². The fourth-order valence-corrected chi connectivity index (χ4v) is 3.46. The van der Waals surface area contributed by atoms with Gasteiger partial charge in [0, 0.05) is 29.9 Å². The molecule has 1 N–H and O–H groups in total. The summed E-state index contributed by atoms with van der Waals surface area (Å²) in [5.74, 6) is 0.363. The molecule has 2 heterocycles. The highest BCUT2D eigenvalue weighted by molar-refractivity contribution is 9.10. The quantitative estimate of drug-likeness (QED) is 0.691. The second kappa shape index (κ2) is 8.47. The Morgan fingerprint density at radius 1 is 1.11 bits per heavy atom. The molecule has 0 radical (unpaired) electrons. The van der Waals surface area contributed by atoms with Gasteiger partial charge in [0.2, 0.25) is 6.29 Å². The maximum absolute atomic E-state index is 12.5. The van der Waals surface area contributed by atoms with Crippen LogP contribution in [0.15, 0.2) is 64.8 Å². The minimum Gasteiger partial charge on any atom is -0.459 e. The minimum atomic E-state index is -0.491. The molecule has 2 atom stereocenters. The molecule has 0 aromatic heterocycles. The van der Waals surface area contributed by atoms with Gasteiger partial charge in [-0.1, -0.05) is 52.3 Å². The van der Waals surface area contributed by atoms with Gasteiger partial charge in [0.1, 0.15) is 0 Å². The molecule has 146 valence electrons. The van der Waals surface area contributed by atoms with Crippen LogP contribution in [0.5, 0.6) is 0 Å². The number of halogens is 1. The van der Waals surface area contributed by atoms with E-state index in [-0.39, 0.29) is 18.4 Å². The van der Waals surface area contributed by atoms with Crippen molar-refractivity contribution in [3.63, 3.8) is 0 Å². The molecule has 1 fully saturated rings. The average Bonchev–Trinajstić information content (AvgIpc) is 3.58. The third-order valence-corrected chi connectivity index (χ3v) is 5.47. The maximum Gasteiger partial charge on any atom is 0.288 e. The van der Waals surface area contributed by atoms with Gasteiger partial charge in [-0.3, -0.25) is 4.79 Å². The van der Waals surface area contributed by atoms with Gasteiger partial charge < -0.3 is 19.5 Å². The van der Waals surface area contributed by atoms with Crippen LogP contribution in [0, 0.1) is 0 Å². The molecule has 4 rings (SSSR count). The van der Waals surface area contributed by atoms with Crippen molar-refractivity contribution < 1.29 is 19.4 Å². The second-order valence-electron chi connectivity index (χ2n) is 7.05. The number of carbonyl (C=O) groups excluding carboxylic acids is 1. The molecule has 28 heavy (non-hydrogen) atoms. The molecule has 1 saturated heterocycles. The van der Waals surface area contributed by atoms with Crippen LogP contribution < -0.4 is 0 Å². The van der Waals surface area contributed by atoms with Crippen molar-refractivity contribution in [1.29, 1.82) is 0 Å². The Bertz CT molecular complexity index is 859. The van der Waals surface area contributed by atoms with Crippen LogP contribution in [0.3, 0.4) is 0 Å². The molecular weight excluding hydrogens is 422 g/mol. The monoisotopic (exact) mass is 443 g/mol. The van der Waals surface area contributed by atoms with Crippen LogP contribution in [0.2, 0.25) is 0 Å². The molecule has 0 aliphatic carbocycles. The van der Waals surface area contributed by atoms with E-state index in [0.717, 1.165) is 34.3 Å². The summed E-state index contributed by atoms with van der Waals surface area (Å²) >= 11 is 3.46. The Morgan fingerprint density at radius 2 is 1.79 bits per heavy atom. The van der Waals surface area contributed by atoms with Crippen LogP contribution in [0.25, 0.3) is 0 Å². The fourth-order valence-electron chi connectivity index (χ4n) is 3.19. The van der Waals surface area contributed by atoms with Crippen molar-refractivity contribution in [2.75, 3.05) is 13.1 Å². The third kappa shape index (κ3) is 4.63. The van der Waals surface area contributed by atoms with Crippen LogP contribution in [0.4, 0.5) is 0 Å². The zero-order chi connectivity index (χ0) is 19.5. The van der Waals surface area contributed by atoms with E-state index in [4.69, 9.17) is 14.6 Å². The number of amides is 1. The molecule has 0 spiro atoms. The Balaban J connectivity index is 1.48. The molecule has 0 saturated carbocycles.